The van der Waals surface area contributed by atoms with Gasteiger partial charge in [0.05, 0.1) is 19.6 Å². The SMILES string of the molecule is COC(=O)Cn1nnnc1C(NC(CC(=O)O)c1cccc(C)c1)c1ccc(F)cc1. The molecule has 0 fully saturated rings. The van der Waals surface area contributed by atoms with Gasteiger partial charge in [-0.25, -0.2) is 9.07 Å². The Labute approximate surface area is 177 Å². The first-order valence-corrected chi connectivity index (χ1v) is 9.50. The molecule has 0 saturated carbocycles. The zero-order chi connectivity index (χ0) is 22.4. The van der Waals surface area contributed by atoms with Crippen molar-refractivity contribution in [2.45, 2.75) is 32.0 Å². The molecular formula is C21H22FN5O4. The number of benzene rings is 2. The lowest BCUT2D eigenvalue weighted by Gasteiger charge is -2.25. The average Bonchev–Trinajstić information content (AvgIpc) is 3.19. The van der Waals surface area contributed by atoms with E-state index in [1.54, 1.807) is 12.1 Å². The summed E-state index contributed by atoms with van der Waals surface area (Å²) in [5.41, 5.74) is 2.34. The van der Waals surface area contributed by atoms with Crippen molar-refractivity contribution in [2.75, 3.05) is 7.11 Å². The van der Waals surface area contributed by atoms with E-state index in [2.05, 4.69) is 20.8 Å². The van der Waals surface area contributed by atoms with Crippen LogP contribution < -0.4 is 5.32 Å². The van der Waals surface area contributed by atoms with Gasteiger partial charge in [0.15, 0.2) is 5.82 Å². The first-order valence-electron chi connectivity index (χ1n) is 9.50. The summed E-state index contributed by atoms with van der Waals surface area (Å²) < 4.78 is 19.5. The Kier molecular flexibility index (Phi) is 7.03. The molecular weight excluding hydrogens is 405 g/mol. The highest BCUT2D eigenvalue weighted by Gasteiger charge is 2.27. The van der Waals surface area contributed by atoms with Gasteiger partial charge >= 0.3 is 11.9 Å². The highest BCUT2D eigenvalue weighted by molar-refractivity contribution is 5.69. The maximum atomic E-state index is 13.5. The van der Waals surface area contributed by atoms with Gasteiger partial charge in [-0.15, -0.1) is 5.10 Å². The van der Waals surface area contributed by atoms with E-state index in [4.69, 9.17) is 4.74 Å². The minimum atomic E-state index is -0.994. The number of aliphatic carboxylic acids is 1. The Morgan fingerprint density at radius 3 is 2.58 bits per heavy atom. The molecule has 0 radical (unpaired) electrons. The van der Waals surface area contributed by atoms with Crippen LogP contribution in [-0.4, -0.2) is 44.4 Å². The summed E-state index contributed by atoms with van der Waals surface area (Å²) in [6.45, 7) is 1.68. The largest absolute Gasteiger partial charge is 0.481 e. The van der Waals surface area contributed by atoms with Gasteiger partial charge in [0.1, 0.15) is 12.4 Å². The van der Waals surface area contributed by atoms with Gasteiger partial charge in [-0.3, -0.25) is 14.9 Å². The molecule has 1 aromatic heterocycles. The number of aromatic nitrogens is 4. The molecule has 0 aliphatic heterocycles. The molecule has 2 unspecified atom stereocenters. The number of ether oxygens (including phenoxy) is 1. The zero-order valence-corrected chi connectivity index (χ0v) is 17.0. The van der Waals surface area contributed by atoms with Crippen molar-refractivity contribution in [1.82, 2.24) is 25.5 Å². The lowest BCUT2D eigenvalue weighted by atomic mass is 9.98. The number of tetrazole rings is 1. The lowest BCUT2D eigenvalue weighted by molar-refractivity contribution is -0.141. The Hall–Kier alpha value is -3.66. The summed E-state index contributed by atoms with van der Waals surface area (Å²) in [6, 6.07) is 11.8. The van der Waals surface area contributed by atoms with Crippen molar-refractivity contribution in [1.29, 1.82) is 0 Å². The second-order valence-electron chi connectivity index (χ2n) is 6.99. The number of halogens is 1. The summed E-state index contributed by atoms with van der Waals surface area (Å²) >= 11 is 0. The first-order chi connectivity index (χ1) is 14.9. The highest BCUT2D eigenvalue weighted by atomic mass is 19.1. The molecule has 0 aliphatic carbocycles. The van der Waals surface area contributed by atoms with Gasteiger partial charge in [0.2, 0.25) is 0 Å². The number of nitrogens with one attached hydrogen (secondary N) is 1. The number of carbonyl (C=O) groups excluding carboxylic acids is 1. The van der Waals surface area contributed by atoms with Crippen LogP contribution in [0.1, 0.15) is 41.0 Å². The Morgan fingerprint density at radius 2 is 1.94 bits per heavy atom. The van der Waals surface area contributed by atoms with Crippen molar-refractivity contribution in [3.63, 3.8) is 0 Å². The van der Waals surface area contributed by atoms with Crippen LogP contribution >= 0.6 is 0 Å². The molecule has 10 heteroatoms. The number of carboxylic acids is 1. The number of carboxylic acid groups (broad SMARTS) is 1. The number of aryl methyl sites for hydroxylation is 1. The molecule has 2 aromatic carbocycles. The van der Waals surface area contributed by atoms with Gasteiger partial charge in [-0.05, 0) is 40.6 Å². The fourth-order valence-corrected chi connectivity index (χ4v) is 3.23. The maximum Gasteiger partial charge on any atom is 0.327 e. The topological polar surface area (TPSA) is 119 Å². The van der Waals surface area contributed by atoms with Gasteiger partial charge in [0.25, 0.3) is 0 Å². The van der Waals surface area contributed by atoms with Gasteiger partial charge in [-0.1, -0.05) is 42.0 Å². The maximum absolute atomic E-state index is 13.5. The molecule has 3 rings (SSSR count). The lowest BCUT2D eigenvalue weighted by Crippen LogP contribution is -2.32. The fourth-order valence-electron chi connectivity index (χ4n) is 3.23. The van der Waals surface area contributed by atoms with Crippen LogP contribution in [0.5, 0.6) is 0 Å². The Morgan fingerprint density at radius 1 is 1.19 bits per heavy atom. The van der Waals surface area contributed by atoms with Crippen molar-refractivity contribution in [2.24, 2.45) is 0 Å². The fraction of sp³-hybridized carbons (Fsp3) is 0.286. The number of esters is 1. The monoisotopic (exact) mass is 427 g/mol. The molecule has 3 aromatic rings. The average molecular weight is 427 g/mol. The van der Waals surface area contributed by atoms with E-state index in [0.29, 0.717) is 5.56 Å². The van der Waals surface area contributed by atoms with E-state index in [9.17, 15) is 19.1 Å². The minimum absolute atomic E-state index is 0.209. The predicted molar refractivity (Wildman–Crippen MR) is 107 cm³/mol. The minimum Gasteiger partial charge on any atom is -0.481 e. The summed E-state index contributed by atoms with van der Waals surface area (Å²) in [4.78, 5) is 23.3. The molecule has 0 bridgehead atoms. The van der Waals surface area contributed by atoms with Crippen LogP contribution in [0.2, 0.25) is 0 Å². The van der Waals surface area contributed by atoms with Crippen molar-refractivity contribution >= 4 is 11.9 Å². The van der Waals surface area contributed by atoms with Crippen LogP contribution in [0, 0.1) is 12.7 Å². The molecule has 0 amide bonds. The smallest absolute Gasteiger partial charge is 0.327 e. The van der Waals surface area contributed by atoms with Crippen molar-refractivity contribution < 1.29 is 23.8 Å². The number of carbonyl (C=O) groups is 2. The van der Waals surface area contributed by atoms with E-state index in [1.807, 2.05) is 31.2 Å². The van der Waals surface area contributed by atoms with Crippen LogP contribution in [-0.2, 0) is 20.9 Å². The molecule has 31 heavy (non-hydrogen) atoms. The third kappa shape index (κ3) is 5.70. The molecule has 2 N–H and O–H groups in total. The molecule has 9 nitrogen and oxygen atoms in total. The Balaban J connectivity index is 2.03. The number of methoxy groups -OCH3 is 1. The molecule has 0 saturated heterocycles. The number of hydrogen-bond donors (Lipinski definition) is 2. The number of rotatable bonds is 9. The third-order valence-corrected chi connectivity index (χ3v) is 4.72. The molecule has 2 atom stereocenters. The van der Waals surface area contributed by atoms with E-state index >= 15 is 0 Å². The summed E-state index contributed by atoms with van der Waals surface area (Å²) in [7, 11) is 1.25. The van der Waals surface area contributed by atoms with Gasteiger partial charge in [0, 0.05) is 6.04 Å². The number of nitrogens with zero attached hydrogens (tertiary/aromatic N) is 4. The van der Waals surface area contributed by atoms with Crippen LogP contribution in [0.4, 0.5) is 4.39 Å². The molecule has 1 heterocycles. The van der Waals surface area contributed by atoms with Crippen molar-refractivity contribution in [3.05, 3.63) is 76.9 Å². The van der Waals surface area contributed by atoms with Crippen LogP contribution in [0.25, 0.3) is 0 Å². The number of hydrogen-bond acceptors (Lipinski definition) is 7. The highest BCUT2D eigenvalue weighted by Crippen LogP contribution is 2.27. The predicted octanol–water partition coefficient (Wildman–Crippen LogP) is 2.19. The Bertz CT molecular complexity index is 1050. The molecule has 0 aliphatic rings. The van der Waals surface area contributed by atoms with Crippen molar-refractivity contribution in [3.8, 4) is 0 Å². The zero-order valence-electron chi connectivity index (χ0n) is 17.0. The van der Waals surface area contributed by atoms with E-state index in [-0.39, 0.29) is 18.8 Å². The molecule has 0 spiro atoms. The summed E-state index contributed by atoms with van der Waals surface area (Å²) in [5.74, 6) is -1.70. The van der Waals surface area contributed by atoms with E-state index in [0.717, 1.165) is 11.1 Å². The standard InChI is InChI=1S/C21H22FN5O4/c1-13-4-3-5-15(10-13)17(11-18(28)29)23-20(14-6-8-16(22)9-7-14)21-24-25-26-27(21)12-19(30)31-2/h3-10,17,20,23H,11-12H2,1-2H3,(H,28,29). The van der Waals surface area contributed by atoms with E-state index < -0.39 is 29.8 Å². The first kappa shape index (κ1) is 22.0. The van der Waals surface area contributed by atoms with Gasteiger partial charge < -0.3 is 9.84 Å². The molecule has 162 valence electrons. The van der Waals surface area contributed by atoms with E-state index in [1.165, 1.54) is 23.9 Å². The second-order valence-corrected chi connectivity index (χ2v) is 6.99. The van der Waals surface area contributed by atoms with Crippen LogP contribution in [0.15, 0.2) is 48.5 Å². The second kappa shape index (κ2) is 9.90. The van der Waals surface area contributed by atoms with Crippen LogP contribution in [0.3, 0.4) is 0 Å². The third-order valence-electron chi connectivity index (χ3n) is 4.72. The normalized spacial score (nSPS) is 12.9. The summed E-state index contributed by atoms with van der Waals surface area (Å²) in [5, 5.41) is 24.3. The summed E-state index contributed by atoms with van der Waals surface area (Å²) in [6.07, 6.45) is -0.209. The van der Waals surface area contributed by atoms with Gasteiger partial charge in [-0.2, -0.15) is 0 Å². The quantitative estimate of drug-likeness (QED) is 0.499.